The predicted molar refractivity (Wildman–Crippen MR) is 243 cm³/mol. The summed E-state index contributed by atoms with van der Waals surface area (Å²) in [5.41, 5.74) is 4.55. The number of aliphatic hydroxyl groups excluding tert-OH is 2. The van der Waals surface area contributed by atoms with Crippen molar-refractivity contribution in [2.24, 2.45) is 5.92 Å². The van der Waals surface area contributed by atoms with E-state index in [0.717, 1.165) is 40.1 Å². The monoisotopic (exact) mass is 876 g/mol. The first-order chi connectivity index (χ1) is 30.3. The van der Waals surface area contributed by atoms with Gasteiger partial charge in [-0.05, 0) is 123 Å². The molecule has 0 radical (unpaired) electrons. The Morgan fingerprint density at radius 2 is 1.68 bits per heavy atom. The van der Waals surface area contributed by atoms with Crippen LogP contribution < -0.4 is 24.6 Å². The normalized spacial score (nSPS) is 24.1. The zero-order chi connectivity index (χ0) is 44.6. The van der Waals surface area contributed by atoms with Crippen LogP contribution in [0.2, 0.25) is 18.6 Å². The number of benzene rings is 4. The fourth-order valence-electron chi connectivity index (χ4n) is 10.6. The maximum absolute atomic E-state index is 15.4. The highest BCUT2D eigenvalue weighted by molar-refractivity contribution is 6.71. The van der Waals surface area contributed by atoms with Crippen LogP contribution in [0.4, 0.5) is 17.1 Å². The molecule has 4 aromatic carbocycles. The molecule has 0 saturated carbocycles. The summed E-state index contributed by atoms with van der Waals surface area (Å²) in [4.78, 5) is 61.2. The van der Waals surface area contributed by atoms with Crippen molar-refractivity contribution < 1.29 is 43.6 Å². The number of ether oxygens (including phenoxy) is 3. The molecule has 4 heterocycles. The van der Waals surface area contributed by atoms with E-state index in [1.165, 1.54) is 0 Å². The second kappa shape index (κ2) is 18.2. The SMILES string of the molecule is CCOc1ccc2c(c1)CC(NCCCCO)C(=O)N2c1cccc(CN2C(=O)[C@]3(O[C@H](CC(=O)N4Cc5ccccc5C[C@H]4CO)[C@@H]([Si](C)(C)O)[C@@H]3C)c3cc(OC)ccc32)c1. The standard InChI is InChI=1S/C49H60N4O9Si/c1-6-61-39-17-18-42-35(24-39)25-41(50-20-9-10-21-54)47(57)53(42)36-15-11-12-32(22-36)28-52-43-19-16-38(60-3)26-40(43)49(48(52)58)31(2)46(63(4,5)59)44(62-49)27-45(56)51-29-34-14-8-7-13-33(34)23-37(51)30-55/h7-8,11-19,22,24,26,31,37,41,44,46,50,54-55,59H,6,9-10,20-21,23,25,27-30H2,1-5H3/t31-,37-,41?,44+,46-,49+/m0/s1. The van der Waals surface area contributed by atoms with Crippen molar-refractivity contribution >= 4 is 43.1 Å². The average molecular weight is 877 g/mol. The lowest BCUT2D eigenvalue weighted by Gasteiger charge is -2.37. The van der Waals surface area contributed by atoms with Crippen molar-refractivity contribution in [2.45, 2.75) is 101 Å². The predicted octanol–water partition coefficient (Wildman–Crippen LogP) is 5.73. The van der Waals surface area contributed by atoms with Crippen molar-refractivity contribution in [1.29, 1.82) is 0 Å². The van der Waals surface area contributed by atoms with Crippen LogP contribution in [0, 0.1) is 5.92 Å². The molecule has 1 unspecified atom stereocenters. The number of aliphatic hydroxyl groups is 2. The summed E-state index contributed by atoms with van der Waals surface area (Å²) in [6.45, 7) is 9.07. The third-order valence-electron chi connectivity index (χ3n) is 13.5. The van der Waals surface area contributed by atoms with Gasteiger partial charge in [0.1, 0.15) is 11.5 Å². The topological polar surface area (TPSA) is 161 Å². The molecule has 0 bridgehead atoms. The highest BCUT2D eigenvalue weighted by Gasteiger charge is 2.66. The van der Waals surface area contributed by atoms with E-state index in [1.54, 1.807) is 21.8 Å². The molecule has 334 valence electrons. The Morgan fingerprint density at radius 1 is 0.921 bits per heavy atom. The number of carbonyl (C=O) groups is 3. The zero-order valence-electron chi connectivity index (χ0n) is 36.9. The quantitative estimate of drug-likeness (QED) is 0.0859. The fourth-order valence-corrected chi connectivity index (χ4v) is 13.1. The Balaban J connectivity index is 1.11. The molecule has 13 nitrogen and oxygen atoms in total. The molecule has 63 heavy (non-hydrogen) atoms. The number of rotatable bonds is 15. The molecule has 4 aromatic rings. The van der Waals surface area contributed by atoms with Gasteiger partial charge in [-0.2, -0.15) is 0 Å². The minimum atomic E-state index is -3.11. The van der Waals surface area contributed by atoms with Gasteiger partial charge in [0.05, 0.1) is 62.9 Å². The molecule has 4 N–H and O–H groups in total. The molecular formula is C49H60N4O9Si. The van der Waals surface area contributed by atoms with Gasteiger partial charge in [0.25, 0.3) is 5.91 Å². The van der Waals surface area contributed by atoms with Gasteiger partial charge in [0.15, 0.2) is 13.9 Å². The van der Waals surface area contributed by atoms with Crippen LogP contribution >= 0.6 is 0 Å². The van der Waals surface area contributed by atoms with E-state index in [-0.39, 0.29) is 43.9 Å². The summed E-state index contributed by atoms with van der Waals surface area (Å²) in [5, 5.41) is 23.2. The van der Waals surface area contributed by atoms with Crippen molar-refractivity contribution in [2.75, 3.05) is 43.3 Å². The van der Waals surface area contributed by atoms with Crippen molar-refractivity contribution in [3.05, 3.63) is 113 Å². The average Bonchev–Trinajstić information content (AvgIpc) is 3.70. The first-order valence-electron chi connectivity index (χ1n) is 22.2. The number of anilines is 3. The lowest BCUT2D eigenvalue weighted by molar-refractivity contribution is -0.151. The first kappa shape index (κ1) is 44.5. The Labute approximate surface area is 370 Å². The van der Waals surface area contributed by atoms with Crippen molar-refractivity contribution in [3.8, 4) is 11.5 Å². The molecule has 4 aliphatic heterocycles. The lowest BCUT2D eigenvalue weighted by atomic mass is 9.82. The first-order valence-corrected chi connectivity index (χ1v) is 25.3. The Morgan fingerprint density at radius 3 is 2.41 bits per heavy atom. The lowest BCUT2D eigenvalue weighted by Crippen LogP contribution is -2.49. The molecule has 1 fully saturated rings. The summed E-state index contributed by atoms with van der Waals surface area (Å²) in [6, 6.07) is 26.0. The molecule has 1 spiro atoms. The molecule has 14 heteroatoms. The number of unbranched alkanes of at least 4 members (excludes halogenated alkanes) is 1. The number of nitrogens with one attached hydrogen (secondary N) is 1. The number of nitrogens with zero attached hydrogens (tertiary/aromatic N) is 3. The van der Waals surface area contributed by atoms with E-state index in [9.17, 15) is 24.6 Å². The summed E-state index contributed by atoms with van der Waals surface area (Å²) in [6.07, 6.45) is 1.56. The van der Waals surface area contributed by atoms with Crippen molar-refractivity contribution in [3.63, 3.8) is 0 Å². The van der Waals surface area contributed by atoms with Gasteiger partial charge in [-0.3, -0.25) is 19.3 Å². The summed E-state index contributed by atoms with van der Waals surface area (Å²) >= 11 is 0. The summed E-state index contributed by atoms with van der Waals surface area (Å²) < 4.78 is 18.6. The molecule has 0 aliphatic carbocycles. The van der Waals surface area contributed by atoms with Gasteiger partial charge in [-0.25, -0.2) is 0 Å². The van der Waals surface area contributed by atoms with Crippen LogP contribution in [0.5, 0.6) is 11.5 Å². The largest absolute Gasteiger partial charge is 0.497 e. The van der Waals surface area contributed by atoms with Gasteiger partial charge < -0.3 is 44.3 Å². The number of carbonyl (C=O) groups excluding carboxylic acids is 3. The second-order valence-corrected chi connectivity index (χ2v) is 21.9. The minimum absolute atomic E-state index is 0.0598. The van der Waals surface area contributed by atoms with E-state index in [0.29, 0.717) is 61.6 Å². The number of amides is 3. The summed E-state index contributed by atoms with van der Waals surface area (Å²) in [5.74, 6) is 0.165. The molecule has 6 atom stereocenters. The van der Waals surface area contributed by atoms with E-state index in [1.807, 2.05) is 112 Å². The highest BCUT2D eigenvalue weighted by Crippen LogP contribution is 2.60. The molecule has 4 aliphatic rings. The van der Waals surface area contributed by atoms with E-state index < -0.39 is 43.6 Å². The van der Waals surface area contributed by atoms with Crippen LogP contribution in [-0.4, -0.2) is 97.6 Å². The smallest absolute Gasteiger partial charge is 0.264 e. The highest BCUT2D eigenvalue weighted by atomic mass is 28.4. The van der Waals surface area contributed by atoms with Crippen LogP contribution in [0.3, 0.4) is 0 Å². The molecular weight excluding hydrogens is 817 g/mol. The number of methoxy groups -OCH3 is 1. The van der Waals surface area contributed by atoms with Crippen LogP contribution in [0.15, 0.2) is 84.9 Å². The van der Waals surface area contributed by atoms with Gasteiger partial charge in [-0.15, -0.1) is 0 Å². The second-order valence-electron chi connectivity index (χ2n) is 17.9. The minimum Gasteiger partial charge on any atom is -0.497 e. The maximum Gasteiger partial charge on any atom is 0.264 e. The molecule has 3 amide bonds. The Bertz CT molecular complexity index is 2350. The third kappa shape index (κ3) is 8.28. The van der Waals surface area contributed by atoms with Crippen LogP contribution in [-0.2, 0) is 50.7 Å². The van der Waals surface area contributed by atoms with Gasteiger partial charge >= 0.3 is 0 Å². The molecule has 0 aromatic heterocycles. The number of hydrogen-bond donors (Lipinski definition) is 4. The maximum atomic E-state index is 15.4. The Hall–Kier alpha value is -5.09. The van der Waals surface area contributed by atoms with Crippen LogP contribution in [0.25, 0.3) is 0 Å². The van der Waals surface area contributed by atoms with E-state index in [4.69, 9.17) is 14.2 Å². The zero-order valence-corrected chi connectivity index (χ0v) is 37.9. The summed E-state index contributed by atoms with van der Waals surface area (Å²) in [7, 11) is -1.54. The van der Waals surface area contributed by atoms with Gasteiger partial charge in [0.2, 0.25) is 11.8 Å². The fraction of sp³-hybridized carbons (Fsp3) is 0.449. The van der Waals surface area contributed by atoms with E-state index >= 15 is 4.79 Å². The van der Waals surface area contributed by atoms with Crippen LogP contribution in [0.1, 0.15) is 60.9 Å². The number of hydrogen-bond acceptors (Lipinski definition) is 10. The third-order valence-corrected chi connectivity index (χ3v) is 16.0. The Kier molecular flexibility index (Phi) is 12.8. The van der Waals surface area contributed by atoms with Crippen molar-refractivity contribution in [1.82, 2.24) is 10.2 Å². The van der Waals surface area contributed by atoms with Gasteiger partial charge in [0, 0.05) is 35.9 Å². The number of fused-ring (bicyclic) bond motifs is 4. The van der Waals surface area contributed by atoms with Gasteiger partial charge in [-0.1, -0.05) is 43.3 Å². The molecule has 8 rings (SSSR count). The molecule has 1 saturated heterocycles. The van der Waals surface area contributed by atoms with E-state index in [2.05, 4.69) is 5.32 Å².